The SMILES string of the molecule is CCC(OC1CCCC1)C(=O)N1CCC2(CC1)CC2C(=O)O. The lowest BCUT2D eigenvalue weighted by Gasteiger charge is -2.35. The molecule has 1 amide bonds. The van der Waals surface area contributed by atoms with E-state index in [4.69, 9.17) is 9.84 Å². The number of nitrogens with zero attached hydrogens (tertiary/aromatic N) is 1. The molecular formula is C17H27NO4. The van der Waals surface area contributed by atoms with E-state index >= 15 is 0 Å². The van der Waals surface area contributed by atoms with E-state index < -0.39 is 5.97 Å². The molecule has 1 heterocycles. The Morgan fingerprint density at radius 2 is 1.91 bits per heavy atom. The lowest BCUT2D eigenvalue weighted by atomic mass is 9.90. The van der Waals surface area contributed by atoms with Gasteiger partial charge in [-0.25, -0.2) is 0 Å². The predicted molar refractivity (Wildman–Crippen MR) is 81.4 cm³/mol. The number of hydrogen-bond donors (Lipinski definition) is 1. The summed E-state index contributed by atoms with van der Waals surface area (Å²) in [5.74, 6) is -0.742. The van der Waals surface area contributed by atoms with Crippen LogP contribution in [0.5, 0.6) is 0 Å². The first-order chi connectivity index (χ1) is 10.6. The van der Waals surface area contributed by atoms with E-state index in [2.05, 4.69) is 0 Å². The van der Waals surface area contributed by atoms with Crippen molar-refractivity contribution in [3.8, 4) is 0 Å². The number of ether oxygens (including phenoxy) is 1. The van der Waals surface area contributed by atoms with Gasteiger partial charge in [-0.3, -0.25) is 9.59 Å². The minimum Gasteiger partial charge on any atom is -0.481 e. The van der Waals surface area contributed by atoms with Crippen molar-refractivity contribution < 1.29 is 19.4 Å². The monoisotopic (exact) mass is 309 g/mol. The Labute approximate surface area is 132 Å². The fraction of sp³-hybridized carbons (Fsp3) is 0.882. The molecule has 0 aromatic heterocycles. The van der Waals surface area contributed by atoms with Crippen LogP contribution in [0.4, 0.5) is 0 Å². The number of rotatable bonds is 5. The highest BCUT2D eigenvalue weighted by molar-refractivity contribution is 5.81. The molecule has 3 aliphatic rings. The molecule has 1 spiro atoms. The molecule has 1 N–H and O–H groups in total. The minimum absolute atomic E-state index is 0.0172. The number of carboxylic acids is 1. The lowest BCUT2D eigenvalue weighted by molar-refractivity contribution is -0.149. The molecule has 124 valence electrons. The summed E-state index contributed by atoms with van der Waals surface area (Å²) in [5, 5.41) is 9.13. The fourth-order valence-electron chi connectivity index (χ4n) is 4.21. The third-order valence-corrected chi connectivity index (χ3v) is 5.86. The molecule has 0 radical (unpaired) electrons. The smallest absolute Gasteiger partial charge is 0.307 e. The number of aliphatic carboxylic acids is 1. The van der Waals surface area contributed by atoms with Crippen molar-refractivity contribution in [2.75, 3.05) is 13.1 Å². The molecule has 3 fully saturated rings. The van der Waals surface area contributed by atoms with Crippen molar-refractivity contribution in [2.45, 2.75) is 70.5 Å². The average Bonchev–Trinajstić information content (AvgIpc) is 2.97. The van der Waals surface area contributed by atoms with Crippen LogP contribution in [0.1, 0.15) is 58.3 Å². The first-order valence-corrected chi connectivity index (χ1v) is 8.73. The summed E-state index contributed by atoms with van der Waals surface area (Å²) >= 11 is 0. The molecule has 3 rings (SSSR count). The molecule has 5 heteroatoms. The predicted octanol–water partition coefficient (Wildman–Crippen LogP) is 2.44. The molecule has 0 aromatic rings. The molecule has 2 saturated carbocycles. The van der Waals surface area contributed by atoms with Crippen LogP contribution in [0.2, 0.25) is 0 Å². The molecule has 1 saturated heterocycles. The summed E-state index contributed by atoms with van der Waals surface area (Å²) < 4.78 is 6.02. The van der Waals surface area contributed by atoms with E-state index in [-0.39, 0.29) is 29.4 Å². The molecule has 2 unspecified atom stereocenters. The van der Waals surface area contributed by atoms with Gasteiger partial charge in [-0.15, -0.1) is 0 Å². The van der Waals surface area contributed by atoms with Crippen molar-refractivity contribution in [3.63, 3.8) is 0 Å². The van der Waals surface area contributed by atoms with Crippen LogP contribution in [0, 0.1) is 11.3 Å². The standard InChI is InChI=1S/C17H27NO4/c1-2-14(22-12-5-3-4-6-12)15(19)18-9-7-17(8-10-18)11-13(17)16(20)21/h12-14H,2-11H2,1H3,(H,20,21). The summed E-state index contributed by atoms with van der Waals surface area (Å²) in [6, 6.07) is 0. The second-order valence-corrected chi connectivity index (χ2v) is 7.22. The van der Waals surface area contributed by atoms with Crippen molar-refractivity contribution in [2.24, 2.45) is 11.3 Å². The molecule has 5 nitrogen and oxygen atoms in total. The molecule has 22 heavy (non-hydrogen) atoms. The van der Waals surface area contributed by atoms with Gasteiger partial charge in [0.25, 0.3) is 5.91 Å². The van der Waals surface area contributed by atoms with Crippen molar-refractivity contribution >= 4 is 11.9 Å². The third-order valence-electron chi connectivity index (χ3n) is 5.86. The Hall–Kier alpha value is -1.10. The van der Waals surface area contributed by atoms with Gasteiger partial charge < -0.3 is 14.7 Å². The quantitative estimate of drug-likeness (QED) is 0.847. The summed E-state index contributed by atoms with van der Waals surface area (Å²) in [6.45, 7) is 3.38. The van der Waals surface area contributed by atoms with Gasteiger partial charge in [0.2, 0.25) is 0 Å². The van der Waals surface area contributed by atoms with Crippen LogP contribution in [-0.2, 0) is 14.3 Å². The molecule has 2 atom stereocenters. The lowest BCUT2D eigenvalue weighted by Crippen LogP contribution is -2.46. The van der Waals surface area contributed by atoms with E-state index in [0.29, 0.717) is 19.5 Å². The highest BCUT2D eigenvalue weighted by atomic mass is 16.5. The summed E-state index contributed by atoms with van der Waals surface area (Å²) in [7, 11) is 0. The summed E-state index contributed by atoms with van der Waals surface area (Å²) in [6.07, 6.45) is 7.67. The van der Waals surface area contributed by atoms with Crippen LogP contribution in [0.3, 0.4) is 0 Å². The van der Waals surface area contributed by atoms with Crippen LogP contribution < -0.4 is 0 Å². The van der Waals surface area contributed by atoms with E-state index in [1.807, 2.05) is 11.8 Å². The zero-order valence-electron chi connectivity index (χ0n) is 13.4. The fourth-order valence-corrected chi connectivity index (χ4v) is 4.21. The average molecular weight is 309 g/mol. The number of carboxylic acid groups (broad SMARTS) is 1. The molecule has 2 aliphatic carbocycles. The largest absolute Gasteiger partial charge is 0.481 e. The second kappa shape index (κ2) is 6.19. The first-order valence-electron chi connectivity index (χ1n) is 8.73. The molecule has 0 aromatic carbocycles. The maximum absolute atomic E-state index is 12.6. The van der Waals surface area contributed by atoms with Gasteiger partial charge >= 0.3 is 5.97 Å². The number of likely N-dealkylation sites (tertiary alicyclic amines) is 1. The van der Waals surface area contributed by atoms with Crippen molar-refractivity contribution in [1.29, 1.82) is 0 Å². The number of hydrogen-bond acceptors (Lipinski definition) is 3. The zero-order chi connectivity index (χ0) is 15.7. The van der Waals surface area contributed by atoms with E-state index in [9.17, 15) is 9.59 Å². The van der Waals surface area contributed by atoms with E-state index in [0.717, 1.165) is 32.1 Å². The molecule has 0 bridgehead atoms. The van der Waals surface area contributed by atoms with Gasteiger partial charge in [0.1, 0.15) is 6.10 Å². The first kappa shape index (κ1) is 15.8. The minimum atomic E-state index is -0.671. The Balaban J connectivity index is 1.51. The highest BCUT2D eigenvalue weighted by Gasteiger charge is 2.59. The number of carbonyl (C=O) groups excluding carboxylic acids is 1. The molecular weight excluding hydrogens is 282 g/mol. The van der Waals surface area contributed by atoms with Gasteiger partial charge in [0, 0.05) is 13.1 Å². The van der Waals surface area contributed by atoms with Crippen molar-refractivity contribution in [3.05, 3.63) is 0 Å². The van der Waals surface area contributed by atoms with Crippen LogP contribution in [0.25, 0.3) is 0 Å². The van der Waals surface area contributed by atoms with Crippen LogP contribution >= 0.6 is 0 Å². The van der Waals surface area contributed by atoms with Gasteiger partial charge in [0.05, 0.1) is 12.0 Å². The van der Waals surface area contributed by atoms with Crippen LogP contribution in [0.15, 0.2) is 0 Å². The summed E-state index contributed by atoms with van der Waals surface area (Å²) in [5.41, 5.74) is -0.0172. The number of piperidine rings is 1. The van der Waals surface area contributed by atoms with Crippen LogP contribution in [-0.4, -0.2) is 47.2 Å². The van der Waals surface area contributed by atoms with Crippen molar-refractivity contribution in [1.82, 2.24) is 4.90 Å². The Morgan fingerprint density at radius 3 is 2.41 bits per heavy atom. The van der Waals surface area contributed by atoms with Gasteiger partial charge in [-0.1, -0.05) is 19.8 Å². The van der Waals surface area contributed by atoms with E-state index in [1.165, 1.54) is 12.8 Å². The molecule has 1 aliphatic heterocycles. The van der Waals surface area contributed by atoms with Gasteiger partial charge in [-0.05, 0) is 43.9 Å². The second-order valence-electron chi connectivity index (χ2n) is 7.22. The maximum atomic E-state index is 12.6. The number of amides is 1. The highest BCUT2D eigenvalue weighted by Crippen LogP contribution is 2.59. The summed E-state index contributed by atoms with van der Waals surface area (Å²) in [4.78, 5) is 25.6. The topological polar surface area (TPSA) is 66.8 Å². The van der Waals surface area contributed by atoms with Gasteiger partial charge in [-0.2, -0.15) is 0 Å². The van der Waals surface area contributed by atoms with Gasteiger partial charge in [0.15, 0.2) is 0 Å². The zero-order valence-corrected chi connectivity index (χ0v) is 13.4. The normalized spacial score (nSPS) is 28.8. The third kappa shape index (κ3) is 3.00. The Morgan fingerprint density at radius 1 is 1.27 bits per heavy atom. The maximum Gasteiger partial charge on any atom is 0.307 e. The van der Waals surface area contributed by atoms with E-state index in [1.54, 1.807) is 0 Å². The number of carbonyl (C=O) groups is 2. The Bertz CT molecular complexity index is 436. The Kier molecular flexibility index (Phi) is 4.44.